The zero-order valence-electron chi connectivity index (χ0n) is 15.1. The molecule has 6 heteroatoms. The normalized spacial score (nSPS) is 11.2. The molecule has 0 atom stereocenters. The molecule has 0 unspecified atom stereocenters. The predicted octanol–water partition coefficient (Wildman–Crippen LogP) is 1.47. The molecule has 0 aliphatic carbocycles. The van der Waals surface area contributed by atoms with E-state index in [1.165, 1.54) is 63.5 Å². The van der Waals surface area contributed by atoms with Crippen LogP contribution >= 0.6 is 0 Å². The molecule has 0 spiro atoms. The van der Waals surface area contributed by atoms with E-state index in [0.717, 1.165) is 18.9 Å². The van der Waals surface area contributed by atoms with Crippen molar-refractivity contribution in [2.75, 3.05) is 0 Å². The van der Waals surface area contributed by atoms with E-state index in [1.54, 1.807) is 0 Å². The van der Waals surface area contributed by atoms with Crippen LogP contribution in [0.25, 0.3) is 0 Å². The van der Waals surface area contributed by atoms with E-state index in [1.807, 2.05) is 0 Å². The van der Waals surface area contributed by atoms with Gasteiger partial charge >= 0.3 is 29.6 Å². The van der Waals surface area contributed by atoms with E-state index in [0.29, 0.717) is 12.0 Å². The summed E-state index contributed by atoms with van der Waals surface area (Å²) in [6.45, 7) is 2.23. The third kappa shape index (κ3) is 10.0. The van der Waals surface area contributed by atoms with Crippen molar-refractivity contribution >= 4 is 10.1 Å². The number of unbranched alkanes of at least 4 members (excludes halogenated alkanes) is 9. The third-order valence-electron chi connectivity index (χ3n) is 4.14. The molecule has 1 aromatic carbocycles. The molecule has 0 saturated carbocycles. The quantitative estimate of drug-likeness (QED) is 0.346. The molecule has 1 rings (SSSR count). The van der Waals surface area contributed by atoms with Gasteiger partial charge in [-0.1, -0.05) is 76.3 Å². The van der Waals surface area contributed by atoms with E-state index < -0.39 is 10.1 Å². The van der Waals surface area contributed by atoms with Gasteiger partial charge in [0, 0.05) is 0 Å². The molecular weight excluding hydrogens is 335 g/mol. The van der Waals surface area contributed by atoms with Gasteiger partial charge in [0.2, 0.25) is 0 Å². The summed E-state index contributed by atoms with van der Waals surface area (Å²) in [7, 11) is -4.29. The summed E-state index contributed by atoms with van der Waals surface area (Å²) < 4.78 is 30.8. The second kappa shape index (κ2) is 13.2. The van der Waals surface area contributed by atoms with Crippen LogP contribution in [-0.4, -0.2) is 13.0 Å². The van der Waals surface area contributed by atoms with Crippen molar-refractivity contribution in [3.8, 4) is 5.75 Å². The minimum Gasteiger partial charge on any atom is -0.872 e. The van der Waals surface area contributed by atoms with E-state index >= 15 is 0 Å². The average molecular weight is 364 g/mol. The smallest absolute Gasteiger partial charge is 0.872 e. The van der Waals surface area contributed by atoms with Gasteiger partial charge in [-0.25, -0.2) is 0 Å². The van der Waals surface area contributed by atoms with Crippen molar-refractivity contribution in [3.05, 3.63) is 23.8 Å². The molecule has 4 nitrogen and oxygen atoms in total. The Morgan fingerprint density at radius 2 is 1.42 bits per heavy atom. The molecule has 1 aromatic rings. The van der Waals surface area contributed by atoms with E-state index in [2.05, 4.69) is 6.92 Å². The SMILES string of the molecule is CCCCCCCCCCCCc1ccc(S(=O)(=O)O)cc1[O-].[Na+]. The molecule has 0 bridgehead atoms. The number of aryl methyl sites for hydroxylation is 1. The van der Waals surface area contributed by atoms with Gasteiger partial charge < -0.3 is 5.11 Å². The first-order valence-corrected chi connectivity index (χ1v) is 10.2. The first-order valence-electron chi connectivity index (χ1n) is 8.72. The zero-order valence-corrected chi connectivity index (χ0v) is 17.9. The van der Waals surface area contributed by atoms with Crippen molar-refractivity contribution in [1.29, 1.82) is 0 Å². The summed E-state index contributed by atoms with van der Waals surface area (Å²) in [5.74, 6) is -0.309. The molecule has 0 radical (unpaired) electrons. The number of rotatable bonds is 12. The fourth-order valence-electron chi connectivity index (χ4n) is 2.70. The average Bonchev–Trinajstić information content (AvgIpc) is 2.49. The maximum atomic E-state index is 11.8. The first kappa shape index (κ1) is 23.9. The maximum Gasteiger partial charge on any atom is 1.00 e. The van der Waals surface area contributed by atoms with E-state index in [-0.39, 0.29) is 40.2 Å². The Labute approximate surface area is 169 Å². The van der Waals surface area contributed by atoms with Gasteiger partial charge in [0.05, 0.1) is 4.90 Å². The van der Waals surface area contributed by atoms with Crippen molar-refractivity contribution in [2.45, 2.75) is 82.4 Å². The number of hydrogen-bond donors (Lipinski definition) is 1. The van der Waals surface area contributed by atoms with Crippen molar-refractivity contribution < 1.29 is 47.6 Å². The van der Waals surface area contributed by atoms with Crippen LogP contribution in [0.3, 0.4) is 0 Å². The minimum absolute atomic E-state index is 0. The molecule has 24 heavy (non-hydrogen) atoms. The molecule has 1 N–H and O–H groups in total. The largest absolute Gasteiger partial charge is 1.00 e. The van der Waals surface area contributed by atoms with Gasteiger partial charge in [-0.2, -0.15) is 8.42 Å². The standard InChI is InChI=1S/C18H30O4S.Na/c1-2-3-4-5-6-7-8-9-10-11-12-16-13-14-17(15-18(16)19)23(20,21)22;/h13-15,19H,2-12H2,1H3,(H,20,21,22);/q;+1/p-1. The summed E-state index contributed by atoms with van der Waals surface area (Å²) in [6, 6.07) is 3.81. The van der Waals surface area contributed by atoms with Crippen molar-refractivity contribution in [2.24, 2.45) is 0 Å². The maximum absolute atomic E-state index is 11.8. The van der Waals surface area contributed by atoms with Crippen LogP contribution in [-0.2, 0) is 16.5 Å². The Morgan fingerprint density at radius 3 is 1.88 bits per heavy atom. The molecule has 0 fully saturated rings. The van der Waals surface area contributed by atoms with Gasteiger partial charge in [0.1, 0.15) is 0 Å². The van der Waals surface area contributed by atoms with Crippen LogP contribution in [0.2, 0.25) is 0 Å². The van der Waals surface area contributed by atoms with Crippen molar-refractivity contribution in [3.63, 3.8) is 0 Å². The molecule has 132 valence electrons. The molecule has 0 aliphatic rings. The molecule has 0 amide bonds. The van der Waals surface area contributed by atoms with Crippen LogP contribution in [0.1, 0.15) is 76.7 Å². The monoisotopic (exact) mass is 364 g/mol. The Bertz CT molecular complexity index is 558. The number of hydrogen-bond acceptors (Lipinski definition) is 3. The fraction of sp³-hybridized carbons (Fsp3) is 0.667. The summed E-state index contributed by atoms with van der Waals surface area (Å²) >= 11 is 0. The summed E-state index contributed by atoms with van der Waals surface area (Å²) in [6.07, 6.45) is 13.1. The molecule has 0 saturated heterocycles. The van der Waals surface area contributed by atoms with Gasteiger partial charge in [-0.15, -0.1) is 5.75 Å². The zero-order chi connectivity index (χ0) is 17.1. The Balaban J connectivity index is 0.00000529. The summed E-state index contributed by atoms with van der Waals surface area (Å²) in [4.78, 5) is -0.325. The number of benzene rings is 1. The molecule has 0 aliphatic heterocycles. The second-order valence-corrected chi connectivity index (χ2v) is 7.60. The topological polar surface area (TPSA) is 77.4 Å². The van der Waals surface area contributed by atoms with E-state index in [9.17, 15) is 13.5 Å². The van der Waals surface area contributed by atoms with Crippen LogP contribution in [0, 0.1) is 0 Å². The van der Waals surface area contributed by atoms with Crippen LogP contribution in [0.15, 0.2) is 23.1 Å². The summed E-state index contributed by atoms with van der Waals surface area (Å²) in [5, 5.41) is 11.8. The van der Waals surface area contributed by atoms with Gasteiger partial charge in [0.25, 0.3) is 10.1 Å². The van der Waals surface area contributed by atoms with Crippen LogP contribution in [0.4, 0.5) is 0 Å². The second-order valence-electron chi connectivity index (χ2n) is 6.18. The summed E-state index contributed by atoms with van der Waals surface area (Å²) in [5.41, 5.74) is 0.622. The first-order chi connectivity index (χ1) is 10.9. The van der Waals surface area contributed by atoms with Gasteiger partial charge in [0.15, 0.2) is 0 Å². The molecule has 0 heterocycles. The van der Waals surface area contributed by atoms with Crippen LogP contribution < -0.4 is 34.7 Å². The van der Waals surface area contributed by atoms with E-state index in [4.69, 9.17) is 4.55 Å². The van der Waals surface area contributed by atoms with Crippen LogP contribution in [0.5, 0.6) is 5.75 Å². The third-order valence-corrected chi connectivity index (χ3v) is 4.99. The van der Waals surface area contributed by atoms with Crippen molar-refractivity contribution in [1.82, 2.24) is 0 Å². The Kier molecular flexibility index (Phi) is 13.1. The Hall–Kier alpha value is -0.0700. The Morgan fingerprint density at radius 1 is 0.917 bits per heavy atom. The van der Waals surface area contributed by atoms with Gasteiger partial charge in [-0.05, 0) is 25.0 Å². The molecule has 0 aromatic heterocycles. The minimum atomic E-state index is -4.29. The predicted molar refractivity (Wildman–Crippen MR) is 91.3 cm³/mol. The van der Waals surface area contributed by atoms with Gasteiger partial charge in [-0.3, -0.25) is 4.55 Å². The molecular formula is C18H29NaO4S. The fourth-order valence-corrected chi connectivity index (χ4v) is 3.20.